The first-order valence-electron chi connectivity index (χ1n) is 6.23. The Kier molecular flexibility index (Phi) is 7.83. The van der Waals surface area contributed by atoms with Crippen molar-refractivity contribution in [2.24, 2.45) is 0 Å². The molecule has 104 valence electrons. The third-order valence-electron chi connectivity index (χ3n) is 2.32. The van der Waals surface area contributed by atoms with Crippen LogP contribution in [-0.4, -0.2) is 36.3 Å². The highest BCUT2D eigenvalue weighted by molar-refractivity contribution is 5.87. The van der Waals surface area contributed by atoms with Gasteiger partial charge in [0.1, 0.15) is 0 Å². The number of rotatable bonds is 7. The number of ether oxygens (including phenoxy) is 2. The summed E-state index contributed by atoms with van der Waals surface area (Å²) in [6, 6.07) is 0. The van der Waals surface area contributed by atoms with Gasteiger partial charge in [-0.15, -0.1) is 0 Å². The van der Waals surface area contributed by atoms with Gasteiger partial charge in [-0.2, -0.15) is 0 Å². The van der Waals surface area contributed by atoms with Crippen molar-refractivity contribution in [1.29, 1.82) is 0 Å². The fourth-order valence-electron chi connectivity index (χ4n) is 1.28. The molecule has 0 radical (unpaired) electrons. The second kappa shape index (κ2) is 8.55. The summed E-state index contributed by atoms with van der Waals surface area (Å²) in [5, 5.41) is 0. The molecule has 5 heteroatoms. The minimum Gasteiger partial charge on any atom is -0.450 e. The lowest BCUT2D eigenvalue weighted by Gasteiger charge is -2.27. The van der Waals surface area contributed by atoms with Crippen molar-refractivity contribution < 1.29 is 19.1 Å². The average molecular weight is 257 g/mol. The summed E-state index contributed by atoms with van der Waals surface area (Å²) in [6.45, 7) is 11.3. The molecule has 18 heavy (non-hydrogen) atoms. The predicted molar refractivity (Wildman–Crippen MR) is 69.0 cm³/mol. The van der Waals surface area contributed by atoms with Crippen LogP contribution in [0.25, 0.3) is 0 Å². The van der Waals surface area contributed by atoms with Gasteiger partial charge < -0.3 is 9.47 Å². The summed E-state index contributed by atoms with van der Waals surface area (Å²) < 4.78 is 10.1. The van der Waals surface area contributed by atoms with Crippen LogP contribution in [0.1, 0.15) is 40.5 Å². The molecular formula is C13H23NO4. The third kappa shape index (κ3) is 5.70. The number of hydrogen-bond acceptors (Lipinski definition) is 4. The maximum Gasteiger partial charge on any atom is 0.412 e. The number of amides is 1. The molecule has 0 spiro atoms. The molecule has 0 fully saturated rings. The molecule has 0 aromatic carbocycles. The Morgan fingerprint density at radius 2 is 1.94 bits per heavy atom. The van der Waals surface area contributed by atoms with E-state index in [9.17, 15) is 9.59 Å². The molecule has 0 rings (SSSR count). The van der Waals surface area contributed by atoms with Crippen LogP contribution in [0.5, 0.6) is 0 Å². The molecule has 0 bridgehead atoms. The Morgan fingerprint density at radius 1 is 1.33 bits per heavy atom. The molecule has 0 heterocycles. The molecule has 1 unspecified atom stereocenters. The zero-order chi connectivity index (χ0) is 14.1. The lowest BCUT2D eigenvalue weighted by molar-refractivity contribution is -0.150. The molecule has 1 atom stereocenters. The lowest BCUT2D eigenvalue weighted by Crippen LogP contribution is -2.42. The van der Waals surface area contributed by atoms with Crippen LogP contribution in [0.15, 0.2) is 12.2 Å². The molecule has 0 aliphatic rings. The van der Waals surface area contributed by atoms with Gasteiger partial charge in [-0.1, -0.05) is 19.9 Å². The molecule has 0 aliphatic carbocycles. The van der Waals surface area contributed by atoms with Gasteiger partial charge in [-0.25, -0.2) is 9.59 Å². The number of nitrogens with zero attached hydrogens (tertiary/aromatic N) is 1. The zero-order valence-corrected chi connectivity index (χ0v) is 11.7. The standard InChI is InChI=1S/C13H23NO4/c1-6-8-9-14(13(16)17-7-2)11(5)18-12(15)10(3)4/h11H,3,6-9H2,1-2,4-5H3. The summed E-state index contributed by atoms with van der Waals surface area (Å²) in [5.41, 5.74) is 0.307. The van der Waals surface area contributed by atoms with Crippen molar-refractivity contribution in [2.45, 2.75) is 46.8 Å². The number of esters is 1. The quantitative estimate of drug-likeness (QED) is 0.400. The zero-order valence-electron chi connectivity index (χ0n) is 11.7. The van der Waals surface area contributed by atoms with E-state index in [1.165, 1.54) is 4.90 Å². The van der Waals surface area contributed by atoms with E-state index in [-0.39, 0.29) is 0 Å². The van der Waals surface area contributed by atoms with Gasteiger partial charge in [0, 0.05) is 12.1 Å². The monoisotopic (exact) mass is 257 g/mol. The van der Waals surface area contributed by atoms with E-state index in [0.717, 1.165) is 12.8 Å². The fraction of sp³-hybridized carbons (Fsp3) is 0.692. The number of hydrogen-bond donors (Lipinski definition) is 0. The van der Waals surface area contributed by atoms with Gasteiger partial charge in [0.2, 0.25) is 0 Å². The topological polar surface area (TPSA) is 55.8 Å². The van der Waals surface area contributed by atoms with Gasteiger partial charge in [-0.05, 0) is 27.2 Å². The minimum atomic E-state index is -0.653. The molecule has 0 aromatic rings. The summed E-state index contributed by atoms with van der Waals surface area (Å²) in [4.78, 5) is 24.6. The van der Waals surface area contributed by atoms with Crippen molar-refractivity contribution in [2.75, 3.05) is 13.2 Å². The van der Waals surface area contributed by atoms with Crippen molar-refractivity contribution in [1.82, 2.24) is 4.90 Å². The number of carbonyl (C=O) groups excluding carboxylic acids is 2. The molecule has 0 saturated carbocycles. The maximum absolute atomic E-state index is 11.7. The summed E-state index contributed by atoms with van der Waals surface area (Å²) >= 11 is 0. The summed E-state index contributed by atoms with van der Waals surface area (Å²) in [5.74, 6) is -0.506. The number of unbranched alkanes of at least 4 members (excludes halogenated alkanes) is 1. The smallest absolute Gasteiger partial charge is 0.412 e. The highest BCUT2D eigenvalue weighted by atomic mass is 16.6. The Hall–Kier alpha value is -1.52. The predicted octanol–water partition coefficient (Wildman–Crippen LogP) is 2.71. The molecule has 0 aliphatic heterocycles. The lowest BCUT2D eigenvalue weighted by atomic mass is 10.3. The van der Waals surface area contributed by atoms with E-state index in [1.807, 2.05) is 6.92 Å². The van der Waals surface area contributed by atoms with Crippen LogP contribution >= 0.6 is 0 Å². The van der Waals surface area contributed by atoms with Gasteiger partial charge >= 0.3 is 12.1 Å². The fourth-order valence-corrected chi connectivity index (χ4v) is 1.28. The highest BCUT2D eigenvalue weighted by Gasteiger charge is 2.23. The first kappa shape index (κ1) is 16.5. The molecule has 0 aromatic heterocycles. The third-order valence-corrected chi connectivity index (χ3v) is 2.32. The Bertz CT molecular complexity index is 301. The minimum absolute atomic E-state index is 0.294. The van der Waals surface area contributed by atoms with Crippen LogP contribution in [0, 0.1) is 0 Å². The van der Waals surface area contributed by atoms with Crippen LogP contribution in [-0.2, 0) is 14.3 Å². The second-order valence-electron chi connectivity index (χ2n) is 4.03. The Labute approximate surface area is 109 Å². The first-order chi connectivity index (χ1) is 8.43. The summed E-state index contributed by atoms with van der Waals surface area (Å²) in [6.07, 6.45) is 0.651. The van der Waals surface area contributed by atoms with Crippen LogP contribution in [0.4, 0.5) is 4.79 Å². The van der Waals surface area contributed by atoms with E-state index in [2.05, 4.69) is 6.58 Å². The Balaban J connectivity index is 4.57. The molecule has 1 amide bonds. The largest absolute Gasteiger partial charge is 0.450 e. The highest BCUT2D eigenvalue weighted by Crippen LogP contribution is 2.08. The van der Waals surface area contributed by atoms with Gasteiger partial charge in [-0.3, -0.25) is 4.90 Å². The van der Waals surface area contributed by atoms with Crippen LogP contribution in [0.3, 0.4) is 0 Å². The van der Waals surface area contributed by atoms with E-state index >= 15 is 0 Å². The van der Waals surface area contributed by atoms with Crippen LogP contribution in [0.2, 0.25) is 0 Å². The van der Waals surface area contributed by atoms with E-state index in [0.29, 0.717) is 18.7 Å². The van der Waals surface area contributed by atoms with Gasteiger partial charge in [0.05, 0.1) is 6.61 Å². The first-order valence-corrected chi connectivity index (χ1v) is 6.23. The SMILES string of the molecule is C=C(C)C(=O)OC(C)N(CCCC)C(=O)OCC. The van der Waals surface area contributed by atoms with E-state index in [1.54, 1.807) is 20.8 Å². The number of carbonyl (C=O) groups is 2. The van der Waals surface area contributed by atoms with Gasteiger partial charge in [0.25, 0.3) is 0 Å². The van der Waals surface area contributed by atoms with Crippen molar-refractivity contribution in [3.8, 4) is 0 Å². The average Bonchev–Trinajstić information content (AvgIpc) is 2.29. The van der Waals surface area contributed by atoms with Crippen molar-refractivity contribution in [3.63, 3.8) is 0 Å². The molecule has 0 N–H and O–H groups in total. The summed E-state index contributed by atoms with van der Waals surface area (Å²) in [7, 11) is 0. The molecule has 5 nitrogen and oxygen atoms in total. The van der Waals surface area contributed by atoms with E-state index in [4.69, 9.17) is 9.47 Å². The molecular weight excluding hydrogens is 234 g/mol. The van der Waals surface area contributed by atoms with E-state index < -0.39 is 18.3 Å². The van der Waals surface area contributed by atoms with Gasteiger partial charge in [0.15, 0.2) is 6.23 Å². The normalized spacial score (nSPS) is 11.6. The second-order valence-corrected chi connectivity index (χ2v) is 4.03. The van der Waals surface area contributed by atoms with Crippen molar-refractivity contribution in [3.05, 3.63) is 12.2 Å². The van der Waals surface area contributed by atoms with Crippen LogP contribution < -0.4 is 0 Å². The Morgan fingerprint density at radius 3 is 2.39 bits per heavy atom. The van der Waals surface area contributed by atoms with Crippen molar-refractivity contribution >= 4 is 12.1 Å². The molecule has 0 saturated heterocycles. The maximum atomic E-state index is 11.7.